The van der Waals surface area contributed by atoms with E-state index in [0.717, 1.165) is 0 Å². The Labute approximate surface area is 231 Å². The number of pyridine rings is 1. The second-order valence-electron chi connectivity index (χ2n) is 9.73. The minimum atomic E-state index is -0.765. The number of halogens is 2. The summed E-state index contributed by atoms with van der Waals surface area (Å²) in [5, 5.41) is 15.1. The van der Waals surface area contributed by atoms with Gasteiger partial charge >= 0.3 is 5.69 Å². The fourth-order valence-electron chi connectivity index (χ4n) is 5.17. The number of anilines is 1. The highest BCUT2D eigenvalue weighted by atomic mass is 35.5. The average molecular weight is 567 g/mol. The molecule has 0 unspecified atom stereocenters. The highest BCUT2D eigenvalue weighted by molar-refractivity contribution is 6.36. The summed E-state index contributed by atoms with van der Waals surface area (Å²) in [4.78, 5) is 43.0. The molecule has 2 aliphatic heterocycles. The molecule has 1 fully saturated rings. The standard InChI is InChI=1S/C26H24ClFN8O4/c1-4-17(38)33-8-9-34-14(10-33)11-40-22-19-23(34)32-26(39)35(25-29-12-30-36(25)13(2)3)24(19)31-21(20(22)27)18-15(28)6-5-7-16(18)37/h4-7,12-14,37H,1,8-11H2,2-3H3/t14-/m1/s1. The lowest BCUT2D eigenvalue weighted by Crippen LogP contribution is -2.56. The van der Waals surface area contributed by atoms with Gasteiger partial charge in [0.25, 0.3) is 0 Å². The van der Waals surface area contributed by atoms with Gasteiger partial charge in [0, 0.05) is 19.6 Å². The number of carbonyl (C=O) groups excluding carboxylic acids is 1. The number of amides is 1. The van der Waals surface area contributed by atoms with Crippen molar-refractivity contribution in [2.75, 3.05) is 31.1 Å². The maximum Gasteiger partial charge on any atom is 0.358 e. The fourth-order valence-corrected chi connectivity index (χ4v) is 5.46. The van der Waals surface area contributed by atoms with E-state index in [4.69, 9.17) is 16.3 Å². The van der Waals surface area contributed by atoms with E-state index < -0.39 is 11.5 Å². The van der Waals surface area contributed by atoms with Crippen LogP contribution in [0.25, 0.3) is 28.2 Å². The Morgan fingerprint density at radius 2 is 2.10 bits per heavy atom. The lowest BCUT2D eigenvalue weighted by atomic mass is 10.1. The number of rotatable bonds is 4. The molecule has 0 spiro atoms. The van der Waals surface area contributed by atoms with Gasteiger partial charge in [0.15, 0.2) is 11.4 Å². The van der Waals surface area contributed by atoms with E-state index in [-0.39, 0.29) is 69.8 Å². The summed E-state index contributed by atoms with van der Waals surface area (Å²) < 4.78 is 24.0. The molecule has 0 radical (unpaired) electrons. The van der Waals surface area contributed by atoms with Crippen molar-refractivity contribution in [2.45, 2.75) is 25.9 Å². The topological polar surface area (TPSA) is 132 Å². The van der Waals surface area contributed by atoms with Gasteiger partial charge < -0.3 is 19.6 Å². The van der Waals surface area contributed by atoms with Crippen LogP contribution in [0.4, 0.5) is 10.2 Å². The molecule has 1 N–H and O–H groups in total. The summed E-state index contributed by atoms with van der Waals surface area (Å²) in [6.45, 7) is 8.41. The van der Waals surface area contributed by atoms with Crippen molar-refractivity contribution < 1.29 is 19.0 Å². The molecular weight excluding hydrogens is 543 g/mol. The van der Waals surface area contributed by atoms with Gasteiger partial charge in [-0.2, -0.15) is 15.1 Å². The van der Waals surface area contributed by atoms with Gasteiger partial charge in [-0.25, -0.2) is 23.4 Å². The largest absolute Gasteiger partial charge is 0.507 e. The number of piperazine rings is 1. The fraction of sp³-hybridized carbons (Fsp3) is 0.308. The lowest BCUT2D eigenvalue weighted by Gasteiger charge is -2.40. The number of hydrogen-bond donors (Lipinski definition) is 1. The zero-order valence-electron chi connectivity index (χ0n) is 21.6. The number of ether oxygens (including phenoxy) is 1. The first-order valence-corrected chi connectivity index (χ1v) is 12.9. The Hall–Kier alpha value is -4.52. The van der Waals surface area contributed by atoms with Crippen molar-refractivity contribution in [3.63, 3.8) is 0 Å². The molecule has 14 heteroatoms. The molecule has 6 rings (SSSR count). The molecule has 40 heavy (non-hydrogen) atoms. The van der Waals surface area contributed by atoms with Crippen LogP contribution in [-0.2, 0) is 4.79 Å². The Morgan fingerprint density at radius 1 is 1.30 bits per heavy atom. The zero-order valence-corrected chi connectivity index (χ0v) is 22.3. The van der Waals surface area contributed by atoms with Crippen LogP contribution in [0.1, 0.15) is 19.9 Å². The van der Waals surface area contributed by atoms with Gasteiger partial charge in [-0.3, -0.25) is 4.79 Å². The molecule has 5 heterocycles. The van der Waals surface area contributed by atoms with Crippen LogP contribution in [0.2, 0.25) is 5.02 Å². The number of benzene rings is 1. The highest BCUT2D eigenvalue weighted by Crippen LogP contribution is 2.46. The monoisotopic (exact) mass is 566 g/mol. The second kappa shape index (κ2) is 9.59. The number of phenolic OH excluding ortho intramolecular Hbond substituents is 1. The van der Waals surface area contributed by atoms with E-state index in [9.17, 15) is 14.7 Å². The van der Waals surface area contributed by atoms with Crippen LogP contribution in [0.15, 0.2) is 42.0 Å². The van der Waals surface area contributed by atoms with Crippen molar-refractivity contribution in [1.29, 1.82) is 0 Å². The molecule has 1 amide bonds. The van der Waals surface area contributed by atoms with Crippen LogP contribution < -0.4 is 15.3 Å². The molecule has 0 saturated carbocycles. The summed E-state index contributed by atoms with van der Waals surface area (Å²) in [7, 11) is 0. The van der Waals surface area contributed by atoms with E-state index in [1.165, 1.54) is 39.9 Å². The number of aromatic hydroxyl groups is 1. The van der Waals surface area contributed by atoms with E-state index in [1.807, 2.05) is 18.7 Å². The highest BCUT2D eigenvalue weighted by Gasteiger charge is 2.37. The third kappa shape index (κ3) is 3.87. The Kier molecular flexibility index (Phi) is 6.17. The van der Waals surface area contributed by atoms with Crippen LogP contribution in [0.5, 0.6) is 11.5 Å². The van der Waals surface area contributed by atoms with Gasteiger partial charge in [0.2, 0.25) is 11.9 Å². The average Bonchev–Trinajstić information content (AvgIpc) is 3.35. The van der Waals surface area contributed by atoms with Gasteiger partial charge in [-0.15, -0.1) is 0 Å². The molecule has 4 aromatic rings. The third-order valence-corrected chi connectivity index (χ3v) is 7.39. The summed E-state index contributed by atoms with van der Waals surface area (Å²) in [5.74, 6) is -0.843. The van der Waals surface area contributed by atoms with Crippen LogP contribution in [-0.4, -0.2) is 77.5 Å². The van der Waals surface area contributed by atoms with Gasteiger partial charge in [-0.05, 0) is 32.1 Å². The molecule has 1 saturated heterocycles. The second-order valence-corrected chi connectivity index (χ2v) is 10.1. The predicted octanol–water partition coefficient (Wildman–Crippen LogP) is 2.71. The van der Waals surface area contributed by atoms with Crippen molar-refractivity contribution in [2.24, 2.45) is 0 Å². The minimum Gasteiger partial charge on any atom is -0.507 e. The van der Waals surface area contributed by atoms with E-state index in [1.54, 1.807) is 4.90 Å². The molecule has 12 nitrogen and oxygen atoms in total. The number of hydrogen-bond acceptors (Lipinski definition) is 9. The first-order chi connectivity index (χ1) is 19.2. The Morgan fingerprint density at radius 3 is 2.83 bits per heavy atom. The van der Waals surface area contributed by atoms with Crippen LogP contribution >= 0.6 is 11.6 Å². The molecule has 0 bridgehead atoms. The van der Waals surface area contributed by atoms with Crippen molar-refractivity contribution in [3.05, 3.63) is 58.5 Å². The number of phenols is 1. The summed E-state index contributed by atoms with van der Waals surface area (Å²) in [6, 6.07) is 3.28. The molecule has 3 aromatic heterocycles. The number of fused-ring (bicyclic) bond motifs is 2. The number of carbonyl (C=O) groups is 1. The summed E-state index contributed by atoms with van der Waals surface area (Å²) in [5.41, 5.74) is -1.02. The molecule has 1 atom stereocenters. The normalized spacial score (nSPS) is 16.6. The maximum absolute atomic E-state index is 15.1. The summed E-state index contributed by atoms with van der Waals surface area (Å²) in [6.07, 6.45) is 2.56. The molecule has 2 aliphatic rings. The lowest BCUT2D eigenvalue weighted by molar-refractivity contribution is -0.126. The van der Waals surface area contributed by atoms with Crippen molar-refractivity contribution in [1.82, 2.24) is 34.2 Å². The van der Waals surface area contributed by atoms with Gasteiger partial charge in [-0.1, -0.05) is 24.2 Å². The molecule has 1 aromatic carbocycles. The van der Waals surface area contributed by atoms with E-state index in [2.05, 4.69) is 26.6 Å². The van der Waals surface area contributed by atoms with Gasteiger partial charge in [0.1, 0.15) is 46.4 Å². The van der Waals surface area contributed by atoms with E-state index in [0.29, 0.717) is 25.0 Å². The third-order valence-electron chi connectivity index (χ3n) is 7.04. The number of nitrogens with zero attached hydrogens (tertiary/aromatic N) is 8. The smallest absolute Gasteiger partial charge is 0.358 e. The zero-order chi connectivity index (χ0) is 28.3. The quantitative estimate of drug-likeness (QED) is 0.370. The van der Waals surface area contributed by atoms with Crippen molar-refractivity contribution >= 4 is 34.4 Å². The Bertz CT molecular complexity index is 1730. The SMILES string of the molecule is C=CC(=O)N1CCN2c3nc(=O)n(-c4ncnn4C(C)C)c4nc(-c5c(O)cccc5F)c(Cl)c(c34)OC[C@H]2C1. The molecule has 0 aliphatic carbocycles. The summed E-state index contributed by atoms with van der Waals surface area (Å²) >= 11 is 6.83. The van der Waals surface area contributed by atoms with Gasteiger partial charge in [0.05, 0.1) is 17.6 Å². The first-order valence-electron chi connectivity index (χ1n) is 12.6. The molecular formula is C26H24ClFN8O4. The maximum atomic E-state index is 15.1. The first kappa shape index (κ1) is 25.7. The minimum absolute atomic E-state index is 0.0483. The number of aromatic nitrogens is 6. The predicted molar refractivity (Wildman–Crippen MR) is 145 cm³/mol. The van der Waals surface area contributed by atoms with Crippen LogP contribution in [0.3, 0.4) is 0 Å². The van der Waals surface area contributed by atoms with Crippen molar-refractivity contribution in [3.8, 4) is 28.7 Å². The Balaban J connectivity index is 1.68. The molecule has 206 valence electrons. The van der Waals surface area contributed by atoms with Crippen LogP contribution in [0, 0.1) is 5.82 Å². The van der Waals surface area contributed by atoms with E-state index >= 15 is 4.39 Å².